The first-order valence-electron chi connectivity index (χ1n) is 4.62. The van der Waals surface area contributed by atoms with Gasteiger partial charge in [-0.05, 0) is 30.3 Å². The number of phenols is 1. The third-order valence-electron chi connectivity index (χ3n) is 2.13. The number of aromatic hydroxyl groups is 1. The second-order valence-corrected chi connectivity index (χ2v) is 4.15. The number of carbonyl (C=O) groups excluding carboxylic acids is 1. The van der Waals surface area contributed by atoms with Crippen LogP contribution in [0, 0.1) is 0 Å². The lowest BCUT2D eigenvalue weighted by atomic mass is 10.0. The average Bonchev–Trinajstić information content (AvgIpc) is 2.32. The van der Waals surface area contributed by atoms with Crippen LogP contribution in [0.4, 0.5) is 0 Å². The summed E-state index contributed by atoms with van der Waals surface area (Å²) in [7, 11) is 0. The van der Waals surface area contributed by atoms with Crippen molar-refractivity contribution in [2.75, 3.05) is 0 Å². The molecule has 1 heterocycles. The molecule has 0 saturated heterocycles. The molecule has 1 N–H and O–H groups in total. The van der Waals surface area contributed by atoms with Gasteiger partial charge in [-0.1, -0.05) is 15.9 Å². The van der Waals surface area contributed by atoms with Crippen molar-refractivity contribution in [1.29, 1.82) is 0 Å². The van der Waals surface area contributed by atoms with Crippen LogP contribution in [0.2, 0.25) is 0 Å². The van der Waals surface area contributed by atoms with Crippen LogP contribution in [0.3, 0.4) is 0 Å². The second kappa shape index (κ2) is 4.45. The van der Waals surface area contributed by atoms with E-state index in [2.05, 4.69) is 20.9 Å². The van der Waals surface area contributed by atoms with Gasteiger partial charge < -0.3 is 5.11 Å². The Morgan fingerprint density at radius 2 is 2.12 bits per heavy atom. The van der Waals surface area contributed by atoms with E-state index in [1.165, 1.54) is 12.3 Å². The molecule has 0 aliphatic rings. The lowest BCUT2D eigenvalue weighted by molar-refractivity contribution is 0.103. The SMILES string of the molecule is O=C(c1cccnc1)c1cc(Br)ccc1O. The molecule has 2 aromatic rings. The smallest absolute Gasteiger partial charge is 0.198 e. The molecule has 0 radical (unpaired) electrons. The summed E-state index contributed by atoms with van der Waals surface area (Å²) in [6.45, 7) is 0. The average molecular weight is 278 g/mol. The summed E-state index contributed by atoms with van der Waals surface area (Å²) < 4.78 is 0.748. The zero-order chi connectivity index (χ0) is 11.5. The molecule has 4 heteroatoms. The van der Waals surface area contributed by atoms with Crippen molar-refractivity contribution < 1.29 is 9.90 Å². The van der Waals surface area contributed by atoms with Gasteiger partial charge in [0.25, 0.3) is 0 Å². The first-order chi connectivity index (χ1) is 7.68. The van der Waals surface area contributed by atoms with Gasteiger partial charge in [-0.3, -0.25) is 9.78 Å². The normalized spacial score (nSPS) is 10.1. The number of ketones is 1. The van der Waals surface area contributed by atoms with E-state index in [0.717, 1.165) is 4.47 Å². The highest BCUT2D eigenvalue weighted by atomic mass is 79.9. The van der Waals surface area contributed by atoms with Crippen LogP contribution in [0.25, 0.3) is 0 Å². The molecule has 0 unspecified atom stereocenters. The summed E-state index contributed by atoms with van der Waals surface area (Å²) in [4.78, 5) is 15.9. The minimum absolute atomic E-state index is 0.0305. The summed E-state index contributed by atoms with van der Waals surface area (Å²) in [5.41, 5.74) is 0.721. The number of hydrogen-bond acceptors (Lipinski definition) is 3. The number of phenolic OH excluding ortho intramolecular Hbond substituents is 1. The lowest BCUT2D eigenvalue weighted by Gasteiger charge is -2.03. The van der Waals surface area contributed by atoms with Crippen LogP contribution in [0.15, 0.2) is 47.2 Å². The van der Waals surface area contributed by atoms with Crippen molar-refractivity contribution >= 4 is 21.7 Å². The van der Waals surface area contributed by atoms with Gasteiger partial charge in [0.2, 0.25) is 0 Å². The van der Waals surface area contributed by atoms with E-state index >= 15 is 0 Å². The van der Waals surface area contributed by atoms with Gasteiger partial charge in [0.05, 0.1) is 5.56 Å². The maximum atomic E-state index is 12.0. The molecule has 0 bridgehead atoms. The molecule has 3 nitrogen and oxygen atoms in total. The summed E-state index contributed by atoms with van der Waals surface area (Å²) in [6.07, 6.45) is 3.07. The molecule has 0 atom stereocenters. The molecule has 0 spiro atoms. The zero-order valence-corrected chi connectivity index (χ0v) is 9.81. The first-order valence-corrected chi connectivity index (χ1v) is 5.41. The van der Waals surface area contributed by atoms with Crippen molar-refractivity contribution in [3.8, 4) is 5.75 Å². The fourth-order valence-electron chi connectivity index (χ4n) is 1.34. The summed E-state index contributed by atoms with van der Waals surface area (Å²) in [5.74, 6) is -0.274. The highest BCUT2D eigenvalue weighted by Crippen LogP contribution is 2.24. The molecule has 1 aromatic heterocycles. The number of benzene rings is 1. The van der Waals surface area contributed by atoms with E-state index in [4.69, 9.17) is 0 Å². The fraction of sp³-hybridized carbons (Fsp3) is 0. The summed E-state index contributed by atoms with van der Waals surface area (Å²) >= 11 is 3.26. The van der Waals surface area contributed by atoms with Crippen molar-refractivity contribution in [2.45, 2.75) is 0 Å². The number of hydrogen-bond donors (Lipinski definition) is 1. The van der Waals surface area contributed by atoms with Crippen molar-refractivity contribution in [2.24, 2.45) is 0 Å². The quantitative estimate of drug-likeness (QED) is 0.859. The summed E-state index contributed by atoms with van der Waals surface area (Å²) in [6, 6.07) is 8.09. The Hall–Kier alpha value is -1.68. The first kappa shape index (κ1) is 10.8. The third kappa shape index (κ3) is 2.12. The van der Waals surface area contributed by atoms with E-state index in [1.54, 1.807) is 30.5 Å². The fourth-order valence-corrected chi connectivity index (χ4v) is 1.70. The molecule has 0 aliphatic carbocycles. The van der Waals surface area contributed by atoms with Crippen LogP contribution < -0.4 is 0 Å². The Balaban J connectivity index is 2.46. The monoisotopic (exact) mass is 277 g/mol. The van der Waals surface area contributed by atoms with Gasteiger partial charge in [-0.2, -0.15) is 0 Å². The number of halogens is 1. The maximum Gasteiger partial charge on any atom is 0.198 e. The van der Waals surface area contributed by atoms with Crippen molar-refractivity contribution in [1.82, 2.24) is 4.98 Å². The van der Waals surface area contributed by atoms with Crippen LogP contribution in [-0.2, 0) is 0 Å². The van der Waals surface area contributed by atoms with Gasteiger partial charge in [-0.25, -0.2) is 0 Å². The van der Waals surface area contributed by atoms with Gasteiger partial charge in [0.15, 0.2) is 5.78 Å². The predicted octanol–water partition coefficient (Wildman–Crippen LogP) is 2.78. The van der Waals surface area contributed by atoms with E-state index in [1.807, 2.05) is 0 Å². The molecular weight excluding hydrogens is 270 g/mol. The molecule has 0 fully saturated rings. The molecule has 16 heavy (non-hydrogen) atoms. The van der Waals surface area contributed by atoms with Gasteiger partial charge >= 0.3 is 0 Å². The molecule has 2 rings (SSSR count). The van der Waals surface area contributed by atoms with Crippen molar-refractivity contribution in [3.63, 3.8) is 0 Å². The largest absolute Gasteiger partial charge is 0.507 e. The Bertz CT molecular complexity index is 526. The Morgan fingerprint density at radius 1 is 1.31 bits per heavy atom. The molecule has 0 amide bonds. The second-order valence-electron chi connectivity index (χ2n) is 3.23. The third-order valence-corrected chi connectivity index (χ3v) is 2.62. The molecule has 80 valence electrons. The van der Waals surface area contributed by atoms with E-state index < -0.39 is 0 Å². The van der Waals surface area contributed by atoms with Gasteiger partial charge in [0.1, 0.15) is 5.75 Å². The van der Waals surface area contributed by atoms with Gasteiger partial charge in [-0.15, -0.1) is 0 Å². The minimum atomic E-state index is -0.244. The topological polar surface area (TPSA) is 50.2 Å². The Labute approximate surface area is 101 Å². The Morgan fingerprint density at radius 3 is 2.81 bits per heavy atom. The molecule has 0 aliphatic heterocycles. The number of nitrogens with zero attached hydrogens (tertiary/aromatic N) is 1. The van der Waals surface area contributed by atoms with Crippen LogP contribution in [0.1, 0.15) is 15.9 Å². The zero-order valence-electron chi connectivity index (χ0n) is 8.22. The highest BCUT2D eigenvalue weighted by Gasteiger charge is 2.13. The van der Waals surface area contributed by atoms with Crippen LogP contribution >= 0.6 is 15.9 Å². The lowest BCUT2D eigenvalue weighted by Crippen LogP contribution is -2.01. The number of pyridine rings is 1. The molecular formula is C12H8BrNO2. The maximum absolute atomic E-state index is 12.0. The summed E-state index contributed by atoms with van der Waals surface area (Å²) in [5, 5.41) is 9.60. The van der Waals surface area contributed by atoms with Crippen LogP contribution in [-0.4, -0.2) is 15.9 Å². The minimum Gasteiger partial charge on any atom is -0.507 e. The van der Waals surface area contributed by atoms with Crippen LogP contribution in [0.5, 0.6) is 5.75 Å². The van der Waals surface area contributed by atoms with Crippen molar-refractivity contribution in [3.05, 3.63) is 58.3 Å². The van der Waals surface area contributed by atoms with Gasteiger partial charge in [0, 0.05) is 22.4 Å². The van der Waals surface area contributed by atoms with E-state index in [9.17, 15) is 9.90 Å². The highest BCUT2D eigenvalue weighted by molar-refractivity contribution is 9.10. The molecule has 1 aromatic carbocycles. The number of rotatable bonds is 2. The standard InChI is InChI=1S/C12H8BrNO2/c13-9-3-4-11(15)10(6-9)12(16)8-2-1-5-14-7-8/h1-7,15H. The van der Waals surface area contributed by atoms with E-state index in [-0.39, 0.29) is 17.1 Å². The molecule has 0 saturated carbocycles. The number of carbonyl (C=O) groups is 1. The number of aromatic nitrogens is 1. The predicted molar refractivity (Wildman–Crippen MR) is 63.5 cm³/mol. The Kier molecular flexibility index (Phi) is 3.01. The van der Waals surface area contributed by atoms with E-state index in [0.29, 0.717) is 5.56 Å².